The molecule has 0 aliphatic carbocycles. The molecule has 0 unspecified atom stereocenters. The molecule has 4 nitrogen and oxygen atoms in total. The number of rotatable bonds is 2. The Kier molecular flexibility index (Phi) is 3.63. The van der Waals surface area contributed by atoms with Crippen LogP contribution in [0.4, 0.5) is 0 Å². The number of nitrogens with two attached hydrogens (primary N) is 1. The molecule has 0 saturated carbocycles. The van der Waals surface area contributed by atoms with Gasteiger partial charge in [0.1, 0.15) is 5.69 Å². The molecule has 0 radical (unpaired) electrons. The molecule has 0 atom stereocenters. The molecule has 0 bridgehead atoms. The lowest BCUT2D eigenvalue weighted by molar-refractivity contribution is 0.963. The Labute approximate surface area is 110 Å². The molecule has 2 aromatic heterocycles. The molecule has 0 spiro atoms. The Morgan fingerprint density at radius 1 is 1.25 bits per heavy atom. The lowest BCUT2D eigenvalue weighted by atomic mass is 10.3. The molecule has 82 valence electrons. The molecular formula is C10H8Br2N4. The maximum Gasteiger partial charge on any atom is 0.179 e. The van der Waals surface area contributed by atoms with E-state index in [0.717, 1.165) is 14.6 Å². The molecule has 2 N–H and O–H groups in total. The summed E-state index contributed by atoms with van der Waals surface area (Å²) in [7, 11) is 0. The van der Waals surface area contributed by atoms with Gasteiger partial charge in [-0.15, -0.1) is 0 Å². The highest BCUT2D eigenvalue weighted by atomic mass is 79.9. The summed E-state index contributed by atoms with van der Waals surface area (Å²) in [6, 6.07) is 3.69. The van der Waals surface area contributed by atoms with E-state index in [1.165, 1.54) is 0 Å². The van der Waals surface area contributed by atoms with Crippen LogP contribution < -0.4 is 5.73 Å². The van der Waals surface area contributed by atoms with Crippen molar-refractivity contribution >= 4 is 31.9 Å². The fourth-order valence-electron chi connectivity index (χ4n) is 1.20. The molecule has 6 heteroatoms. The second-order valence-electron chi connectivity index (χ2n) is 3.06. The third-order valence-corrected chi connectivity index (χ3v) is 2.98. The Hall–Kier alpha value is -0.850. The largest absolute Gasteiger partial charge is 0.325 e. The molecule has 2 heterocycles. The van der Waals surface area contributed by atoms with Gasteiger partial charge in [0, 0.05) is 27.9 Å². The van der Waals surface area contributed by atoms with Gasteiger partial charge in [-0.1, -0.05) is 0 Å². The van der Waals surface area contributed by atoms with Crippen molar-refractivity contribution in [3.8, 4) is 11.5 Å². The van der Waals surface area contributed by atoms with Crippen LogP contribution in [-0.4, -0.2) is 15.0 Å². The molecule has 2 rings (SSSR count). The molecule has 0 amide bonds. The highest BCUT2D eigenvalue weighted by Gasteiger charge is 2.08. The Morgan fingerprint density at radius 2 is 2.06 bits per heavy atom. The van der Waals surface area contributed by atoms with Crippen LogP contribution in [0.2, 0.25) is 0 Å². The maximum absolute atomic E-state index is 5.53. The van der Waals surface area contributed by atoms with Crippen molar-refractivity contribution in [2.45, 2.75) is 6.54 Å². The Bertz CT molecular complexity index is 516. The van der Waals surface area contributed by atoms with E-state index in [4.69, 9.17) is 5.73 Å². The normalized spacial score (nSPS) is 10.4. The fourth-order valence-corrected chi connectivity index (χ4v) is 2.37. The zero-order valence-corrected chi connectivity index (χ0v) is 11.4. The van der Waals surface area contributed by atoms with Crippen molar-refractivity contribution in [3.63, 3.8) is 0 Å². The van der Waals surface area contributed by atoms with E-state index in [-0.39, 0.29) is 0 Å². The van der Waals surface area contributed by atoms with Gasteiger partial charge in [0.2, 0.25) is 0 Å². The smallest absolute Gasteiger partial charge is 0.179 e. The number of hydrogen-bond donors (Lipinski definition) is 1. The summed E-state index contributed by atoms with van der Waals surface area (Å²) in [6.07, 6.45) is 3.39. The Balaban J connectivity index is 2.49. The lowest BCUT2D eigenvalue weighted by Crippen LogP contribution is -2.02. The number of aromatic nitrogens is 3. The van der Waals surface area contributed by atoms with Gasteiger partial charge in [-0.2, -0.15) is 0 Å². The molecule has 0 fully saturated rings. The van der Waals surface area contributed by atoms with E-state index in [1.807, 2.05) is 6.07 Å². The van der Waals surface area contributed by atoms with E-state index in [2.05, 4.69) is 46.8 Å². The summed E-state index contributed by atoms with van der Waals surface area (Å²) < 4.78 is 1.74. The van der Waals surface area contributed by atoms with Crippen LogP contribution in [-0.2, 0) is 6.54 Å². The second kappa shape index (κ2) is 4.99. The highest BCUT2D eigenvalue weighted by Crippen LogP contribution is 2.25. The van der Waals surface area contributed by atoms with Crippen LogP contribution in [0.3, 0.4) is 0 Å². The summed E-state index contributed by atoms with van der Waals surface area (Å²) in [5.74, 6) is 0.572. The van der Waals surface area contributed by atoms with Crippen molar-refractivity contribution in [3.05, 3.63) is 39.2 Å². The summed E-state index contributed by atoms with van der Waals surface area (Å²) in [5, 5.41) is 0. The standard InChI is InChI=1S/C10H8Br2N4/c11-6-3-8(12)9(15-5-6)10-14-2-1-7(4-13)16-10/h1-3,5H,4,13H2. The van der Waals surface area contributed by atoms with Gasteiger partial charge in [0.05, 0.1) is 5.69 Å². The van der Waals surface area contributed by atoms with Crippen molar-refractivity contribution in [2.24, 2.45) is 5.73 Å². The lowest BCUT2D eigenvalue weighted by Gasteiger charge is -2.03. The summed E-state index contributed by atoms with van der Waals surface area (Å²) >= 11 is 6.77. The Morgan fingerprint density at radius 3 is 2.75 bits per heavy atom. The third-order valence-electron chi connectivity index (χ3n) is 1.94. The van der Waals surface area contributed by atoms with Crippen LogP contribution >= 0.6 is 31.9 Å². The molecule has 0 aliphatic heterocycles. The van der Waals surface area contributed by atoms with Gasteiger partial charge in [-0.3, -0.25) is 4.98 Å². The zero-order valence-electron chi connectivity index (χ0n) is 8.19. The van der Waals surface area contributed by atoms with Crippen LogP contribution in [0.25, 0.3) is 11.5 Å². The van der Waals surface area contributed by atoms with Crippen LogP contribution in [0.15, 0.2) is 33.5 Å². The zero-order chi connectivity index (χ0) is 11.5. The monoisotopic (exact) mass is 342 g/mol. The number of nitrogens with zero attached hydrogens (tertiary/aromatic N) is 3. The highest BCUT2D eigenvalue weighted by molar-refractivity contribution is 9.11. The van der Waals surface area contributed by atoms with Gasteiger partial charge in [-0.25, -0.2) is 9.97 Å². The molecule has 2 aromatic rings. The first kappa shape index (κ1) is 11.6. The van der Waals surface area contributed by atoms with Crippen LogP contribution in [0, 0.1) is 0 Å². The van der Waals surface area contributed by atoms with Gasteiger partial charge < -0.3 is 5.73 Å². The van der Waals surface area contributed by atoms with Gasteiger partial charge in [0.25, 0.3) is 0 Å². The van der Waals surface area contributed by atoms with E-state index < -0.39 is 0 Å². The predicted octanol–water partition coefficient (Wildman–Crippen LogP) is 2.52. The first-order valence-corrected chi connectivity index (χ1v) is 6.12. The van der Waals surface area contributed by atoms with Gasteiger partial charge >= 0.3 is 0 Å². The van der Waals surface area contributed by atoms with E-state index in [9.17, 15) is 0 Å². The second-order valence-corrected chi connectivity index (χ2v) is 4.83. The van der Waals surface area contributed by atoms with E-state index >= 15 is 0 Å². The van der Waals surface area contributed by atoms with Crippen molar-refractivity contribution in [2.75, 3.05) is 0 Å². The molecule has 0 saturated heterocycles. The minimum absolute atomic E-state index is 0.393. The molecule has 0 aromatic carbocycles. The molecular weight excluding hydrogens is 336 g/mol. The first-order chi connectivity index (χ1) is 7.70. The van der Waals surface area contributed by atoms with Crippen molar-refractivity contribution in [1.29, 1.82) is 0 Å². The predicted molar refractivity (Wildman–Crippen MR) is 68.6 cm³/mol. The van der Waals surface area contributed by atoms with Crippen molar-refractivity contribution in [1.82, 2.24) is 15.0 Å². The quantitative estimate of drug-likeness (QED) is 0.909. The topological polar surface area (TPSA) is 64.7 Å². The van der Waals surface area contributed by atoms with E-state index in [1.54, 1.807) is 18.5 Å². The summed E-state index contributed by atoms with van der Waals surface area (Å²) in [5.41, 5.74) is 7.03. The van der Waals surface area contributed by atoms with Gasteiger partial charge in [-0.05, 0) is 44.0 Å². The average molecular weight is 344 g/mol. The SMILES string of the molecule is NCc1ccnc(-c2ncc(Br)cc2Br)n1. The third kappa shape index (κ3) is 2.45. The minimum Gasteiger partial charge on any atom is -0.325 e. The molecule has 16 heavy (non-hydrogen) atoms. The summed E-state index contributed by atoms with van der Waals surface area (Å²) in [6.45, 7) is 0.393. The first-order valence-electron chi connectivity index (χ1n) is 4.54. The maximum atomic E-state index is 5.53. The number of pyridine rings is 1. The average Bonchev–Trinajstić information content (AvgIpc) is 2.29. The molecule has 0 aliphatic rings. The van der Waals surface area contributed by atoms with Crippen LogP contribution in [0.1, 0.15) is 5.69 Å². The number of hydrogen-bond acceptors (Lipinski definition) is 4. The minimum atomic E-state index is 0.393. The van der Waals surface area contributed by atoms with Crippen LogP contribution in [0.5, 0.6) is 0 Å². The number of halogens is 2. The van der Waals surface area contributed by atoms with Gasteiger partial charge in [0.15, 0.2) is 5.82 Å². The fraction of sp³-hybridized carbons (Fsp3) is 0.100. The summed E-state index contributed by atoms with van der Waals surface area (Å²) in [4.78, 5) is 12.7. The van der Waals surface area contributed by atoms with E-state index in [0.29, 0.717) is 18.1 Å². The van der Waals surface area contributed by atoms with Crippen molar-refractivity contribution < 1.29 is 0 Å².